The minimum absolute atomic E-state index is 0.0265. The molecule has 0 unspecified atom stereocenters. The number of rotatable bonds is 3. The van der Waals surface area contributed by atoms with Crippen molar-refractivity contribution in [2.45, 2.75) is 31.6 Å². The molecule has 0 fully saturated rings. The summed E-state index contributed by atoms with van der Waals surface area (Å²) in [5.74, 6) is 2.51. The smallest absolute Gasteiger partial charge is 0.137 e. The zero-order chi connectivity index (χ0) is 33.8. The van der Waals surface area contributed by atoms with E-state index in [4.69, 9.17) is 9.72 Å². The molecule has 0 N–H and O–H groups in total. The predicted octanol–water partition coefficient (Wildman–Crippen LogP) is 12.4. The van der Waals surface area contributed by atoms with E-state index >= 15 is 0 Å². The molecule has 0 radical (unpaired) electrons. The zero-order valence-electron chi connectivity index (χ0n) is 28.0. The van der Waals surface area contributed by atoms with Gasteiger partial charge in [0.25, 0.3) is 0 Å². The van der Waals surface area contributed by atoms with E-state index in [0.29, 0.717) is 0 Å². The van der Waals surface area contributed by atoms with Crippen LogP contribution in [0.3, 0.4) is 0 Å². The van der Waals surface area contributed by atoms with Crippen LogP contribution in [0.2, 0.25) is 0 Å². The van der Waals surface area contributed by atoms with E-state index in [1.165, 1.54) is 60.8 Å². The van der Waals surface area contributed by atoms with E-state index in [9.17, 15) is 0 Å². The highest BCUT2D eigenvalue weighted by Crippen LogP contribution is 2.66. The monoisotopic (exact) mass is 708 g/mol. The SMILES string of the molecule is CC(C)(C)c1ccnc(-n2c3ccccc3c3c4c(c(Oc5cccc(Br)c5)cc32)C2(c3ccccc3-c3ccccc32)c2ccccc2-4)c1. The Morgan fingerprint density at radius 3 is 1.98 bits per heavy atom. The molecule has 2 aliphatic rings. The fourth-order valence-corrected chi connectivity index (χ4v) is 9.07. The Hall–Kier alpha value is -5.45. The second kappa shape index (κ2) is 10.5. The maximum atomic E-state index is 7.16. The van der Waals surface area contributed by atoms with Crippen LogP contribution in [0.5, 0.6) is 11.5 Å². The molecule has 3 nitrogen and oxygen atoms in total. The number of hydrogen-bond acceptors (Lipinski definition) is 2. The first-order valence-electron chi connectivity index (χ1n) is 17.2. The minimum Gasteiger partial charge on any atom is -0.457 e. The van der Waals surface area contributed by atoms with E-state index in [-0.39, 0.29) is 5.41 Å². The van der Waals surface area contributed by atoms with Crippen molar-refractivity contribution in [1.29, 1.82) is 0 Å². The lowest BCUT2D eigenvalue weighted by atomic mass is 9.70. The van der Waals surface area contributed by atoms with Crippen molar-refractivity contribution in [1.82, 2.24) is 9.55 Å². The number of benzene rings is 6. The normalized spacial score (nSPS) is 13.8. The summed E-state index contributed by atoms with van der Waals surface area (Å²) in [5.41, 5.74) is 12.9. The van der Waals surface area contributed by atoms with Gasteiger partial charge in [-0.15, -0.1) is 0 Å². The number of fused-ring (bicyclic) bond motifs is 14. The fraction of sp³-hybridized carbons (Fsp3) is 0.109. The van der Waals surface area contributed by atoms with Gasteiger partial charge in [-0.3, -0.25) is 4.57 Å². The van der Waals surface area contributed by atoms with Gasteiger partial charge in [0.1, 0.15) is 17.3 Å². The molecule has 4 heteroatoms. The van der Waals surface area contributed by atoms with Gasteiger partial charge in [0.2, 0.25) is 0 Å². The molecule has 0 bridgehead atoms. The average Bonchev–Trinajstić information content (AvgIpc) is 3.73. The van der Waals surface area contributed by atoms with Crippen LogP contribution in [0.4, 0.5) is 0 Å². The molecule has 0 saturated heterocycles. The highest BCUT2D eigenvalue weighted by Gasteiger charge is 2.54. The van der Waals surface area contributed by atoms with Crippen molar-refractivity contribution in [3.8, 4) is 39.6 Å². The maximum absolute atomic E-state index is 7.16. The van der Waals surface area contributed by atoms with Gasteiger partial charge in [-0.2, -0.15) is 0 Å². The number of ether oxygens (including phenoxy) is 1. The molecule has 0 aliphatic heterocycles. The van der Waals surface area contributed by atoms with Crippen LogP contribution >= 0.6 is 15.9 Å². The lowest BCUT2D eigenvalue weighted by molar-refractivity contribution is 0.472. The van der Waals surface area contributed by atoms with Gasteiger partial charge in [-0.25, -0.2) is 4.98 Å². The van der Waals surface area contributed by atoms with E-state index < -0.39 is 5.41 Å². The average molecular weight is 710 g/mol. The van der Waals surface area contributed by atoms with Gasteiger partial charge >= 0.3 is 0 Å². The van der Waals surface area contributed by atoms with Crippen LogP contribution in [0.25, 0.3) is 49.9 Å². The van der Waals surface area contributed by atoms with Crippen molar-refractivity contribution in [3.63, 3.8) is 0 Å². The molecule has 0 atom stereocenters. The molecule has 0 amide bonds. The number of halogens is 1. The van der Waals surface area contributed by atoms with Crippen LogP contribution in [0.15, 0.2) is 150 Å². The molecular formula is C46H33BrN2O. The first kappa shape index (κ1) is 29.5. The third kappa shape index (κ3) is 3.94. The summed E-state index contributed by atoms with van der Waals surface area (Å²) >= 11 is 3.70. The lowest BCUT2D eigenvalue weighted by Crippen LogP contribution is -2.26. The topological polar surface area (TPSA) is 27.1 Å². The van der Waals surface area contributed by atoms with Gasteiger partial charge in [-0.1, -0.05) is 134 Å². The summed E-state index contributed by atoms with van der Waals surface area (Å²) in [6.07, 6.45) is 1.94. The molecule has 240 valence electrons. The quantitative estimate of drug-likeness (QED) is 0.183. The van der Waals surface area contributed by atoms with Gasteiger partial charge in [0, 0.05) is 38.6 Å². The molecule has 8 aromatic rings. The molecule has 1 spiro atoms. The van der Waals surface area contributed by atoms with Crippen LogP contribution in [0.1, 0.15) is 48.6 Å². The van der Waals surface area contributed by atoms with Crippen molar-refractivity contribution < 1.29 is 4.74 Å². The third-order valence-corrected chi connectivity index (χ3v) is 11.2. The highest BCUT2D eigenvalue weighted by molar-refractivity contribution is 9.10. The summed E-state index contributed by atoms with van der Waals surface area (Å²) in [5, 5.41) is 2.41. The Morgan fingerprint density at radius 1 is 0.640 bits per heavy atom. The lowest BCUT2D eigenvalue weighted by Gasteiger charge is -2.31. The molecule has 10 rings (SSSR count). The summed E-state index contributed by atoms with van der Waals surface area (Å²) < 4.78 is 10.5. The summed E-state index contributed by atoms with van der Waals surface area (Å²) in [7, 11) is 0. The van der Waals surface area contributed by atoms with Gasteiger partial charge < -0.3 is 4.74 Å². The Bertz CT molecular complexity index is 2650. The van der Waals surface area contributed by atoms with E-state index in [1.807, 2.05) is 30.5 Å². The Morgan fingerprint density at radius 2 is 1.28 bits per heavy atom. The minimum atomic E-state index is -0.567. The van der Waals surface area contributed by atoms with E-state index in [0.717, 1.165) is 32.8 Å². The van der Waals surface area contributed by atoms with Crippen LogP contribution in [-0.4, -0.2) is 9.55 Å². The largest absolute Gasteiger partial charge is 0.457 e. The molecule has 50 heavy (non-hydrogen) atoms. The second-order valence-electron chi connectivity index (χ2n) is 14.5. The molecule has 2 aromatic heterocycles. The van der Waals surface area contributed by atoms with Gasteiger partial charge in [0.05, 0.1) is 16.4 Å². The number of nitrogens with zero attached hydrogens (tertiary/aromatic N) is 2. The number of para-hydroxylation sites is 1. The summed E-state index contributed by atoms with van der Waals surface area (Å²) in [6.45, 7) is 6.76. The van der Waals surface area contributed by atoms with E-state index in [2.05, 4.69) is 157 Å². The highest BCUT2D eigenvalue weighted by atomic mass is 79.9. The number of hydrogen-bond donors (Lipinski definition) is 0. The van der Waals surface area contributed by atoms with Gasteiger partial charge in [-0.05, 0) is 80.8 Å². The molecule has 6 aromatic carbocycles. The first-order valence-corrected chi connectivity index (χ1v) is 18.0. The second-order valence-corrected chi connectivity index (χ2v) is 15.4. The third-order valence-electron chi connectivity index (χ3n) is 10.7. The standard InChI is InChI=1S/C46H33BrN2O/c1-45(2,3)28-23-24-48-41(25-28)49-38-22-11-7-18-34(38)42-39(49)27-40(50-30-14-12-13-29(47)26-30)44-43(42)33-17-6-10-21-37(33)46(44)35-19-8-4-15-31(35)32-16-5-9-20-36(32)46/h4-27H,1-3H3. The maximum Gasteiger partial charge on any atom is 0.137 e. The Balaban J connectivity index is 1.42. The Kier molecular flexibility index (Phi) is 6.20. The molecule has 0 saturated carbocycles. The predicted molar refractivity (Wildman–Crippen MR) is 208 cm³/mol. The van der Waals surface area contributed by atoms with Crippen molar-refractivity contribution in [2.75, 3.05) is 0 Å². The van der Waals surface area contributed by atoms with Gasteiger partial charge in [0.15, 0.2) is 0 Å². The first-order chi connectivity index (χ1) is 24.4. The van der Waals surface area contributed by atoms with Crippen LogP contribution in [-0.2, 0) is 10.8 Å². The van der Waals surface area contributed by atoms with Crippen molar-refractivity contribution in [2.24, 2.45) is 0 Å². The number of pyridine rings is 1. The molecular weight excluding hydrogens is 676 g/mol. The van der Waals surface area contributed by atoms with Crippen LogP contribution < -0.4 is 4.74 Å². The van der Waals surface area contributed by atoms with Crippen molar-refractivity contribution >= 4 is 37.7 Å². The summed E-state index contributed by atoms with van der Waals surface area (Å²) in [6, 6.07) is 50.4. The number of aromatic nitrogens is 2. The summed E-state index contributed by atoms with van der Waals surface area (Å²) in [4.78, 5) is 5.01. The van der Waals surface area contributed by atoms with Crippen LogP contribution in [0, 0.1) is 0 Å². The molecule has 2 heterocycles. The van der Waals surface area contributed by atoms with E-state index in [1.54, 1.807) is 0 Å². The fourth-order valence-electron chi connectivity index (χ4n) is 8.69. The molecule has 2 aliphatic carbocycles. The zero-order valence-corrected chi connectivity index (χ0v) is 29.6. The Labute approximate surface area is 300 Å². The van der Waals surface area contributed by atoms with Crippen molar-refractivity contribution in [3.05, 3.63) is 178 Å².